The molecule has 0 amide bonds. The fraction of sp³-hybridized carbons (Fsp3) is 0.952. The first-order valence-electron chi connectivity index (χ1n) is 20.8. The molecule has 0 radical (unpaired) electrons. The van der Waals surface area contributed by atoms with E-state index in [0.29, 0.717) is 25.0 Å². The van der Waals surface area contributed by atoms with Crippen molar-refractivity contribution in [3.05, 3.63) is 0 Å². The van der Waals surface area contributed by atoms with Crippen LogP contribution in [0.1, 0.15) is 184 Å². The molecule has 50 heavy (non-hydrogen) atoms. The molecule has 6 unspecified atom stereocenters. The summed E-state index contributed by atoms with van der Waals surface area (Å²) in [6.07, 6.45) is 21.1. The molecule has 286 valence electrons. The molecule has 4 aliphatic carbocycles. The molecule has 0 aromatic rings. The Morgan fingerprint density at radius 2 is 0.840 bits per heavy atom. The molecule has 4 bridgehead atoms. The first-order chi connectivity index (χ1) is 23.5. The van der Waals surface area contributed by atoms with Gasteiger partial charge in [0.05, 0.1) is 12.2 Å². The maximum Gasteiger partial charge on any atom is 0.306 e. The Hall–Kier alpha value is -1.22. The fourth-order valence-electron chi connectivity index (χ4n) is 11.7. The third-order valence-electron chi connectivity index (χ3n) is 13.5. The third-order valence-corrected chi connectivity index (χ3v) is 13.5. The minimum Gasteiger partial charge on any atom is -0.462 e. The van der Waals surface area contributed by atoms with Crippen LogP contribution in [0, 0.1) is 23.7 Å². The lowest BCUT2D eigenvalue weighted by Crippen LogP contribution is -2.63. The zero-order chi connectivity index (χ0) is 35.9. The number of esters is 2. The van der Waals surface area contributed by atoms with Crippen molar-refractivity contribution in [3.8, 4) is 0 Å². The molecule has 0 spiro atoms. The zero-order valence-electron chi connectivity index (χ0n) is 33.1. The second-order valence-electron chi connectivity index (χ2n) is 20.1. The highest BCUT2D eigenvalue weighted by Crippen LogP contribution is 2.50. The van der Waals surface area contributed by atoms with Gasteiger partial charge in [0, 0.05) is 60.7 Å². The standard InChI is InChI=1S/C42H72N2O6/c1-39(2)25-33(26-40(3,4)43(39)49-35-23-29-17-19-31(35)21-29)47-37(45)15-13-11-9-10-12-14-16-38(46)48-34-27-41(5,6)44(42(7,8)28-34)50-36-24-30-18-20-32(36)22-30/h29-36H,9-28H2,1-8H3. The van der Waals surface area contributed by atoms with Gasteiger partial charge in [0.15, 0.2) is 0 Å². The number of unbranched alkanes of at least 4 members (excludes halogenated alkanes) is 5. The normalized spacial score (nSPS) is 34.7. The topological polar surface area (TPSA) is 77.5 Å². The quantitative estimate of drug-likeness (QED) is 0.124. The largest absolute Gasteiger partial charge is 0.462 e. The Balaban J connectivity index is 0.817. The summed E-state index contributed by atoms with van der Waals surface area (Å²) in [6, 6.07) is 0. The first-order valence-corrected chi connectivity index (χ1v) is 20.8. The van der Waals surface area contributed by atoms with Crippen LogP contribution >= 0.6 is 0 Å². The number of hydrogen-bond acceptors (Lipinski definition) is 8. The number of rotatable bonds is 15. The van der Waals surface area contributed by atoms with Gasteiger partial charge < -0.3 is 9.47 Å². The number of nitrogens with zero attached hydrogens (tertiary/aromatic N) is 2. The maximum atomic E-state index is 12.8. The fourth-order valence-corrected chi connectivity index (χ4v) is 11.7. The van der Waals surface area contributed by atoms with E-state index in [2.05, 4.69) is 65.5 Å². The number of ether oxygens (including phenoxy) is 2. The van der Waals surface area contributed by atoms with Crippen molar-refractivity contribution >= 4 is 11.9 Å². The van der Waals surface area contributed by atoms with Gasteiger partial charge in [0.1, 0.15) is 12.2 Å². The number of hydrogen-bond donors (Lipinski definition) is 0. The number of fused-ring (bicyclic) bond motifs is 4. The van der Waals surface area contributed by atoms with E-state index in [9.17, 15) is 9.59 Å². The average molecular weight is 701 g/mol. The molecule has 6 atom stereocenters. The lowest BCUT2D eigenvalue weighted by Gasteiger charge is -2.54. The van der Waals surface area contributed by atoms with Crippen LogP contribution in [-0.4, -0.2) is 68.6 Å². The summed E-state index contributed by atoms with van der Waals surface area (Å²) in [6.45, 7) is 17.9. The van der Waals surface area contributed by atoms with Gasteiger partial charge >= 0.3 is 11.9 Å². The molecule has 2 aliphatic heterocycles. The minimum atomic E-state index is -0.185. The number of piperidine rings is 2. The van der Waals surface area contributed by atoms with Crippen LogP contribution < -0.4 is 0 Å². The van der Waals surface area contributed by atoms with E-state index in [0.717, 1.165) is 87.9 Å². The molecule has 6 rings (SSSR count). The van der Waals surface area contributed by atoms with E-state index in [-0.39, 0.29) is 46.3 Å². The smallest absolute Gasteiger partial charge is 0.306 e. The van der Waals surface area contributed by atoms with Gasteiger partial charge in [-0.15, -0.1) is 0 Å². The first kappa shape index (κ1) is 38.5. The summed E-state index contributed by atoms with van der Waals surface area (Å²) in [5, 5.41) is 4.52. The molecule has 6 fully saturated rings. The Morgan fingerprint density at radius 1 is 0.500 bits per heavy atom. The van der Waals surface area contributed by atoms with Crippen molar-refractivity contribution in [2.75, 3.05) is 0 Å². The van der Waals surface area contributed by atoms with Crippen LogP contribution in [0.15, 0.2) is 0 Å². The van der Waals surface area contributed by atoms with Crippen LogP contribution in [-0.2, 0) is 28.7 Å². The summed E-state index contributed by atoms with van der Waals surface area (Å²) in [4.78, 5) is 39.1. The van der Waals surface area contributed by atoms with Gasteiger partial charge in [-0.25, -0.2) is 0 Å². The van der Waals surface area contributed by atoms with Gasteiger partial charge in [-0.1, -0.05) is 25.7 Å². The summed E-state index contributed by atoms with van der Waals surface area (Å²) in [5.74, 6) is 3.01. The van der Waals surface area contributed by atoms with Crippen molar-refractivity contribution in [2.24, 2.45) is 23.7 Å². The highest BCUT2D eigenvalue weighted by molar-refractivity contribution is 5.70. The lowest BCUT2D eigenvalue weighted by molar-refractivity contribution is -0.320. The van der Waals surface area contributed by atoms with Crippen molar-refractivity contribution in [2.45, 2.75) is 230 Å². The van der Waals surface area contributed by atoms with Crippen LogP contribution in [0.25, 0.3) is 0 Å². The molecule has 8 nitrogen and oxygen atoms in total. The molecular weight excluding hydrogens is 628 g/mol. The summed E-state index contributed by atoms with van der Waals surface area (Å²) >= 11 is 0. The van der Waals surface area contributed by atoms with Crippen molar-refractivity contribution in [3.63, 3.8) is 0 Å². The van der Waals surface area contributed by atoms with Crippen LogP contribution in [0.5, 0.6) is 0 Å². The zero-order valence-corrected chi connectivity index (χ0v) is 33.1. The van der Waals surface area contributed by atoms with Crippen LogP contribution in [0.4, 0.5) is 0 Å². The van der Waals surface area contributed by atoms with Crippen molar-refractivity contribution in [1.29, 1.82) is 0 Å². The van der Waals surface area contributed by atoms with E-state index in [4.69, 9.17) is 19.1 Å². The maximum absolute atomic E-state index is 12.8. The Morgan fingerprint density at radius 3 is 1.14 bits per heavy atom. The van der Waals surface area contributed by atoms with Crippen molar-refractivity contribution in [1.82, 2.24) is 10.1 Å². The van der Waals surface area contributed by atoms with Gasteiger partial charge in [-0.3, -0.25) is 19.3 Å². The Bertz CT molecular complexity index is 1060. The summed E-state index contributed by atoms with van der Waals surface area (Å²) in [7, 11) is 0. The lowest BCUT2D eigenvalue weighted by atomic mass is 9.80. The van der Waals surface area contributed by atoms with Crippen molar-refractivity contribution < 1.29 is 28.7 Å². The monoisotopic (exact) mass is 701 g/mol. The Kier molecular flexibility index (Phi) is 11.8. The van der Waals surface area contributed by atoms with Gasteiger partial charge in [-0.05, 0) is 143 Å². The molecule has 6 aliphatic rings. The molecule has 0 N–H and O–H groups in total. The van der Waals surface area contributed by atoms with E-state index < -0.39 is 0 Å². The highest BCUT2D eigenvalue weighted by Gasteiger charge is 2.52. The molecule has 2 heterocycles. The molecular formula is C42H72N2O6. The molecule has 0 aromatic heterocycles. The number of carbonyl (C=O) groups is 2. The third kappa shape index (κ3) is 9.10. The predicted octanol–water partition coefficient (Wildman–Crippen LogP) is 9.48. The second-order valence-corrected chi connectivity index (χ2v) is 20.1. The Labute approximate surface area is 304 Å². The highest BCUT2D eigenvalue weighted by atomic mass is 16.7. The number of hydroxylamine groups is 4. The summed E-state index contributed by atoms with van der Waals surface area (Å²) < 4.78 is 12.1. The minimum absolute atomic E-state index is 0.0684. The van der Waals surface area contributed by atoms with E-state index in [1.807, 2.05) is 0 Å². The molecule has 0 aromatic carbocycles. The summed E-state index contributed by atoms with van der Waals surface area (Å²) in [5.41, 5.74) is -0.742. The van der Waals surface area contributed by atoms with E-state index >= 15 is 0 Å². The van der Waals surface area contributed by atoms with E-state index in [1.54, 1.807) is 0 Å². The van der Waals surface area contributed by atoms with Gasteiger partial charge in [-0.2, -0.15) is 10.1 Å². The van der Waals surface area contributed by atoms with Gasteiger partial charge in [0.25, 0.3) is 0 Å². The average Bonchev–Trinajstić information content (AvgIpc) is 3.80. The molecule has 2 saturated heterocycles. The SMILES string of the molecule is CC1(C)CC(OC(=O)CCCCCCCCC(=O)OC2CC(C)(C)N(OC3CC4CCC3C4)C(C)(C)C2)CC(C)(C)N1OC1CC2CCC1C2. The molecule has 4 saturated carbocycles. The number of carbonyl (C=O) groups excluding carboxylic acids is 2. The van der Waals surface area contributed by atoms with E-state index in [1.165, 1.54) is 51.4 Å². The predicted molar refractivity (Wildman–Crippen MR) is 196 cm³/mol. The van der Waals surface area contributed by atoms with Crippen LogP contribution in [0.2, 0.25) is 0 Å². The van der Waals surface area contributed by atoms with Gasteiger partial charge in [0.2, 0.25) is 0 Å². The second kappa shape index (κ2) is 15.3. The molecule has 8 heteroatoms. The van der Waals surface area contributed by atoms with Crippen LogP contribution in [0.3, 0.4) is 0 Å².